The first-order valence-corrected chi connectivity index (χ1v) is 11.1. The number of carbonyl (C=O) groups is 2. The molecule has 7 heteroatoms. The highest BCUT2D eigenvalue weighted by atomic mass is 16.5. The first-order chi connectivity index (χ1) is 16.4. The zero-order chi connectivity index (χ0) is 23.9. The fourth-order valence-corrected chi connectivity index (χ4v) is 4.21. The van der Waals surface area contributed by atoms with Crippen molar-refractivity contribution < 1.29 is 14.1 Å². The summed E-state index contributed by atoms with van der Waals surface area (Å²) in [5.41, 5.74) is 4.09. The normalized spacial score (nSPS) is 17.8. The molecule has 1 N–H and O–H groups in total. The molecule has 1 aliphatic heterocycles. The monoisotopic (exact) mass is 452 g/mol. The summed E-state index contributed by atoms with van der Waals surface area (Å²) in [6, 6.07) is 22.3. The molecule has 0 bridgehead atoms. The van der Waals surface area contributed by atoms with Gasteiger partial charge < -0.3 is 9.84 Å². The molecule has 0 saturated carbocycles. The molecule has 1 aliphatic rings. The average molecular weight is 453 g/mol. The molecule has 3 aromatic carbocycles. The minimum Gasteiger partial charge on any atom is -0.334 e. The Morgan fingerprint density at radius 3 is 2.32 bits per heavy atom. The summed E-state index contributed by atoms with van der Waals surface area (Å²) in [5.74, 6) is 0.210. The summed E-state index contributed by atoms with van der Waals surface area (Å²) in [5, 5.41) is 6.97. The zero-order valence-corrected chi connectivity index (χ0v) is 19.2. The molecule has 1 fully saturated rings. The van der Waals surface area contributed by atoms with Crippen molar-refractivity contribution in [3.63, 3.8) is 0 Å². The van der Waals surface area contributed by atoms with Crippen LogP contribution in [0.15, 0.2) is 77.3 Å². The van der Waals surface area contributed by atoms with Gasteiger partial charge in [-0.05, 0) is 55.2 Å². The minimum absolute atomic E-state index is 0.0978. The number of hydrogen-bond donors (Lipinski definition) is 1. The molecule has 1 aromatic heterocycles. The van der Waals surface area contributed by atoms with Crippen LogP contribution in [-0.4, -0.2) is 27.0 Å². The third kappa shape index (κ3) is 3.55. The van der Waals surface area contributed by atoms with Crippen LogP contribution in [0.3, 0.4) is 0 Å². The predicted molar refractivity (Wildman–Crippen MR) is 127 cm³/mol. The number of aryl methyl sites for hydroxylation is 3. The maximum atomic E-state index is 13.9. The van der Waals surface area contributed by atoms with Gasteiger partial charge in [-0.2, -0.15) is 4.98 Å². The molecule has 5 rings (SSSR count). The lowest BCUT2D eigenvalue weighted by Gasteiger charge is -2.28. The molecule has 1 atom stereocenters. The number of carbonyl (C=O) groups excluding carboxylic acids is 2. The van der Waals surface area contributed by atoms with Gasteiger partial charge in [0, 0.05) is 5.56 Å². The number of amides is 3. The van der Waals surface area contributed by atoms with E-state index in [1.165, 1.54) is 0 Å². The van der Waals surface area contributed by atoms with Gasteiger partial charge in [0.05, 0.1) is 6.54 Å². The largest absolute Gasteiger partial charge is 0.334 e. The highest BCUT2D eigenvalue weighted by Gasteiger charge is 2.54. The molecule has 0 radical (unpaired) electrons. The van der Waals surface area contributed by atoms with Crippen LogP contribution in [0, 0.1) is 20.8 Å². The van der Waals surface area contributed by atoms with E-state index in [0.717, 1.165) is 27.2 Å². The van der Waals surface area contributed by atoms with E-state index in [-0.39, 0.29) is 18.3 Å². The second-order valence-electron chi connectivity index (χ2n) is 8.62. The maximum absolute atomic E-state index is 13.9. The topological polar surface area (TPSA) is 88.3 Å². The van der Waals surface area contributed by atoms with E-state index in [2.05, 4.69) is 15.5 Å². The molecule has 1 saturated heterocycles. The Bertz CT molecular complexity index is 1380. The van der Waals surface area contributed by atoms with Crippen molar-refractivity contribution >= 4 is 11.9 Å². The predicted octanol–water partition coefficient (Wildman–Crippen LogP) is 4.66. The van der Waals surface area contributed by atoms with Gasteiger partial charge in [0.25, 0.3) is 11.8 Å². The van der Waals surface area contributed by atoms with Crippen LogP contribution in [-0.2, 0) is 16.9 Å². The van der Waals surface area contributed by atoms with E-state index in [9.17, 15) is 9.59 Å². The molecule has 3 amide bonds. The molecule has 2 heterocycles. The number of imide groups is 1. The average Bonchev–Trinajstić information content (AvgIpc) is 3.41. The van der Waals surface area contributed by atoms with Crippen molar-refractivity contribution in [1.82, 2.24) is 20.4 Å². The molecule has 1 unspecified atom stereocenters. The maximum Gasteiger partial charge on any atom is 0.325 e. The van der Waals surface area contributed by atoms with Gasteiger partial charge in [0.1, 0.15) is 0 Å². The fraction of sp³-hybridized carbons (Fsp3) is 0.185. The number of aromatic nitrogens is 2. The lowest BCUT2D eigenvalue weighted by Crippen LogP contribution is -2.45. The second kappa shape index (κ2) is 8.26. The Morgan fingerprint density at radius 1 is 0.882 bits per heavy atom. The van der Waals surface area contributed by atoms with Gasteiger partial charge in [-0.15, -0.1) is 0 Å². The molecule has 34 heavy (non-hydrogen) atoms. The van der Waals surface area contributed by atoms with Gasteiger partial charge in [-0.1, -0.05) is 71.4 Å². The fourth-order valence-electron chi connectivity index (χ4n) is 4.21. The standard InChI is InChI=1S/C27H24N4O3/c1-17-9-12-20(13-10-17)24-28-23(30-34-24)16-31-25(32)27(29-26(31)33,21-7-5-4-6-8-21)22-14-11-18(2)19(3)15-22/h4-15H,16H2,1-3H3,(H,29,33). The quantitative estimate of drug-likeness (QED) is 0.445. The first-order valence-electron chi connectivity index (χ1n) is 11.1. The lowest BCUT2D eigenvalue weighted by atomic mass is 9.81. The summed E-state index contributed by atoms with van der Waals surface area (Å²) in [4.78, 5) is 32.6. The summed E-state index contributed by atoms with van der Waals surface area (Å²) < 4.78 is 5.39. The van der Waals surface area contributed by atoms with Crippen LogP contribution in [0.2, 0.25) is 0 Å². The summed E-state index contributed by atoms with van der Waals surface area (Å²) in [6.45, 7) is 5.90. The van der Waals surface area contributed by atoms with E-state index in [1.54, 1.807) is 0 Å². The highest BCUT2D eigenvalue weighted by molar-refractivity contribution is 6.09. The smallest absolute Gasteiger partial charge is 0.325 e. The molecule has 0 spiro atoms. The van der Waals surface area contributed by atoms with Crippen LogP contribution in [0.4, 0.5) is 4.79 Å². The van der Waals surface area contributed by atoms with Crippen molar-refractivity contribution in [2.75, 3.05) is 0 Å². The number of nitrogens with zero attached hydrogens (tertiary/aromatic N) is 3. The number of hydrogen-bond acceptors (Lipinski definition) is 5. The summed E-state index contributed by atoms with van der Waals surface area (Å²) >= 11 is 0. The van der Waals surface area contributed by atoms with Crippen molar-refractivity contribution in [2.24, 2.45) is 0 Å². The van der Waals surface area contributed by atoms with Crippen LogP contribution in [0.5, 0.6) is 0 Å². The molecule has 4 aromatic rings. The zero-order valence-electron chi connectivity index (χ0n) is 19.2. The third-order valence-corrected chi connectivity index (χ3v) is 6.32. The van der Waals surface area contributed by atoms with Crippen molar-refractivity contribution in [3.8, 4) is 11.5 Å². The van der Waals surface area contributed by atoms with Gasteiger partial charge >= 0.3 is 6.03 Å². The van der Waals surface area contributed by atoms with E-state index >= 15 is 0 Å². The van der Waals surface area contributed by atoms with Crippen molar-refractivity contribution in [1.29, 1.82) is 0 Å². The minimum atomic E-state index is -1.33. The lowest BCUT2D eigenvalue weighted by molar-refractivity contribution is -0.130. The van der Waals surface area contributed by atoms with Gasteiger partial charge in [0.2, 0.25) is 0 Å². The Hall–Kier alpha value is -4.26. The number of benzene rings is 3. The Labute approximate surface area is 197 Å². The molecule has 0 aliphatic carbocycles. The van der Waals surface area contributed by atoms with Crippen LogP contribution in [0.25, 0.3) is 11.5 Å². The van der Waals surface area contributed by atoms with Gasteiger partial charge in [0.15, 0.2) is 11.4 Å². The van der Waals surface area contributed by atoms with Crippen LogP contribution in [0.1, 0.15) is 33.6 Å². The second-order valence-corrected chi connectivity index (χ2v) is 8.62. The molecule has 7 nitrogen and oxygen atoms in total. The van der Waals surface area contributed by atoms with E-state index in [4.69, 9.17) is 4.52 Å². The number of nitrogens with one attached hydrogen (secondary N) is 1. The van der Waals surface area contributed by atoms with E-state index < -0.39 is 11.6 Å². The highest BCUT2D eigenvalue weighted by Crippen LogP contribution is 2.37. The first kappa shape index (κ1) is 21.6. The van der Waals surface area contributed by atoms with Crippen LogP contribution < -0.4 is 5.32 Å². The van der Waals surface area contributed by atoms with E-state index in [1.807, 2.05) is 93.6 Å². The van der Waals surface area contributed by atoms with Crippen LogP contribution >= 0.6 is 0 Å². The summed E-state index contributed by atoms with van der Waals surface area (Å²) in [7, 11) is 0. The number of urea groups is 1. The Balaban J connectivity index is 1.51. The number of rotatable bonds is 5. The molecular weight excluding hydrogens is 428 g/mol. The molecular formula is C27H24N4O3. The Kier molecular flexibility index (Phi) is 5.24. The van der Waals surface area contributed by atoms with E-state index in [0.29, 0.717) is 17.0 Å². The third-order valence-electron chi connectivity index (χ3n) is 6.32. The molecule has 170 valence electrons. The van der Waals surface area contributed by atoms with Crippen molar-refractivity contribution in [3.05, 3.63) is 106 Å². The Morgan fingerprint density at radius 2 is 1.62 bits per heavy atom. The van der Waals surface area contributed by atoms with Gasteiger partial charge in [-0.25, -0.2) is 4.79 Å². The SMILES string of the molecule is Cc1ccc(-c2nc(CN3C(=O)NC(c4ccccc4)(c4ccc(C)c(C)c4)C3=O)no2)cc1. The van der Waals surface area contributed by atoms with Gasteiger partial charge in [-0.3, -0.25) is 9.69 Å². The summed E-state index contributed by atoms with van der Waals surface area (Å²) in [6.07, 6.45) is 0. The van der Waals surface area contributed by atoms with Crippen molar-refractivity contribution in [2.45, 2.75) is 32.9 Å².